The Balaban J connectivity index is 3.65. The highest BCUT2D eigenvalue weighted by molar-refractivity contribution is 9.11. The first-order chi connectivity index (χ1) is 6.52. The Kier molecular flexibility index (Phi) is 8.25. The molecule has 0 aromatic heterocycles. The predicted octanol–water partition coefficient (Wildman–Crippen LogP) is 3.26. The summed E-state index contributed by atoms with van der Waals surface area (Å²) in [5.41, 5.74) is 0. The maximum atomic E-state index is 11.2. The van der Waals surface area contributed by atoms with E-state index in [0.29, 0.717) is 0 Å². The number of hydrogen-bond donors (Lipinski definition) is 0. The quantitative estimate of drug-likeness (QED) is 0.383. The van der Waals surface area contributed by atoms with Gasteiger partial charge in [-0.15, -0.1) is 6.58 Å². The first kappa shape index (κ1) is 14.6. The molecule has 0 aromatic carbocycles. The minimum absolute atomic E-state index is 0.0504. The normalized spacial score (nSPS) is 13.9. The highest BCUT2D eigenvalue weighted by Gasteiger charge is 2.14. The fourth-order valence-corrected chi connectivity index (χ4v) is 3.96. The number of sulfone groups is 1. The Morgan fingerprint density at radius 1 is 1.36 bits per heavy atom. The van der Waals surface area contributed by atoms with Gasteiger partial charge in [-0.2, -0.15) is 0 Å². The minimum atomic E-state index is -2.91. The maximum absolute atomic E-state index is 11.2. The Morgan fingerprint density at radius 3 is 2.50 bits per heavy atom. The number of unbranched alkanes of at least 4 members (excludes halogenated alkanes) is 2. The van der Waals surface area contributed by atoms with Gasteiger partial charge >= 0.3 is 0 Å². The van der Waals surface area contributed by atoms with E-state index >= 15 is 0 Å². The lowest BCUT2D eigenvalue weighted by Gasteiger charge is -2.08. The molecule has 0 aliphatic rings. The molecule has 0 radical (unpaired) electrons. The van der Waals surface area contributed by atoms with Gasteiger partial charge in [0.25, 0.3) is 0 Å². The zero-order chi connectivity index (χ0) is 11.0. The number of halogens is 2. The van der Waals surface area contributed by atoms with Crippen molar-refractivity contribution in [3.8, 4) is 0 Å². The molecule has 2 nitrogen and oxygen atoms in total. The molecule has 0 amide bonds. The van der Waals surface area contributed by atoms with Crippen LogP contribution in [0.15, 0.2) is 12.7 Å². The predicted molar refractivity (Wildman–Crippen MR) is 69.0 cm³/mol. The molecule has 0 saturated carbocycles. The first-order valence-corrected chi connectivity index (χ1v) is 8.39. The number of hydrogen-bond acceptors (Lipinski definition) is 2. The molecule has 14 heavy (non-hydrogen) atoms. The Bertz CT molecular complexity index is 250. The molecular weight excluding hydrogens is 332 g/mol. The van der Waals surface area contributed by atoms with E-state index in [1.807, 2.05) is 6.08 Å². The van der Waals surface area contributed by atoms with Gasteiger partial charge < -0.3 is 0 Å². The lowest BCUT2D eigenvalue weighted by atomic mass is 10.1. The summed E-state index contributed by atoms with van der Waals surface area (Å²) in [4.78, 5) is 0.0786. The van der Waals surface area contributed by atoms with E-state index < -0.39 is 9.84 Å². The fraction of sp³-hybridized carbons (Fsp3) is 0.778. The van der Waals surface area contributed by atoms with Gasteiger partial charge in [-0.05, 0) is 19.3 Å². The monoisotopic (exact) mass is 346 g/mol. The zero-order valence-corrected chi connectivity index (χ0v) is 12.1. The summed E-state index contributed by atoms with van der Waals surface area (Å²) in [5.74, 6) is 0.215. The van der Waals surface area contributed by atoms with Gasteiger partial charge in [-0.1, -0.05) is 44.4 Å². The summed E-state index contributed by atoms with van der Waals surface area (Å²) >= 11 is 6.35. The highest BCUT2D eigenvalue weighted by Crippen LogP contribution is 2.14. The van der Waals surface area contributed by atoms with Crippen LogP contribution in [0.25, 0.3) is 0 Å². The highest BCUT2D eigenvalue weighted by atomic mass is 79.9. The van der Waals surface area contributed by atoms with Gasteiger partial charge in [0, 0.05) is 4.83 Å². The fourth-order valence-electron chi connectivity index (χ4n) is 1.06. The number of rotatable bonds is 8. The van der Waals surface area contributed by atoms with E-state index in [1.165, 1.54) is 0 Å². The molecule has 0 aromatic rings. The van der Waals surface area contributed by atoms with Crippen LogP contribution in [-0.2, 0) is 9.84 Å². The van der Waals surface area contributed by atoms with E-state index in [4.69, 9.17) is 0 Å². The standard InChI is InChI=1S/C9H16Br2O2S/c1-2-3-4-5-6-9(11)7-14(12,13)8-10/h2,9H,1,3-8H2. The Labute approximate surface area is 103 Å². The van der Waals surface area contributed by atoms with Gasteiger partial charge in [-0.25, -0.2) is 8.42 Å². The maximum Gasteiger partial charge on any atom is 0.161 e. The van der Waals surface area contributed by atoms with Crippen LogP contribution in [0.4, 0.5) is 0 Å². The molecule has 0 N–H and O–H groups in total. The van der Waals surface area contributed by atoms with E-state index in [9.17, 15) is 8.42 Å². The summed E-state index contributed by atoms with van der Waals surface area (Å²) in [6.45, 7) is 3.64. The van der Waals surface area contributed by atoms with Crippen LogP contribution < -0.4 is 0 Å². The number of allylic oxidation sites excluding steroid dienone is 1. The molecule has 0 aliphatic heterocycles. The summed E-state index contributed by atoms with van der Waals surface area (Å²) in [6.07, 6.45) is 5.92. The van der Waals surface area contributed by atoms with E-state index in [2.05, 4.69) is 38.4 Å². The molecule has 1 unspecified atom stereocenters. The van der Waals surface area contributed by atoms with E-state index in [1.54, 1.807) is 0 Å². The third-order valence-corrected chi connectivity index (χ3v) is 6.32. The SMILES string of the molecule is C=CCCCCC(Br)CS(=O)(=O)CBr. The van der Waals surface area contributed by atoms with Crippen molar-refractivity contribution < 1.29 is 8.42 Å². The van der Waals surface area contributed by atoms with Crippen molar-refractivity contribution in [1.82, 2.24) is 0 Å². The molecule has 0 heterocycles. The molecule has 0 rings (SSSR count). The molecule has 0 bridgehead atoms. The average molecular weight is 348 g/mol. The lowest BCUT2D eigenvalue weighted by Crippen LogP contribution is -2.16. The van der Waals surface area contributed by atoms with Crippen molar-refractivity contribution in [2.75, 3.05) is 10.4 Å². The van der Waals surface area contributed by atoms with Crippen LogP contribution in [0.2, 0.25) is 0 Å². The van der Waals surface area contributed by atoms with Crippen molar-refractivity contribution in [3.05, 3.63) is 12.7 Å². The van der Waals surface area contributed by atoms with Crippen molar-refractivity contribution in [2.45, 2.75) is 30.5 Å². The topological polar surface area (TPSA) is 34.1 Å². The van der Waals surface area contributed by atoms with Crippen molar-refractivity contribution in [2.24, 2.45) is 0 Å². The molecule has 0 spiro atoms. The lowest BCUT2D eigenvalue weighted by molar-refractivity contribution is 0.595. The van der Waals surface area contributed by atoms with Crippen LogP contribution in [0.5, 0.6) is 0 Å². The van der Waals surface area contributed by atoms with Crippen molar-refractivity contribution >= 4 is 41.7 Å². The Hall–Kier alpha value is 0.650. The van der Waals surface area contributed by atoms with Crippen LogP contribution in [0, 0.1) is 0 Å². The molecule has 1 atom stereocenters. The smallest absolute Gasteiger partial charge is 0.161 e. The molecule has 5 heteroatoms. The summed E-state index contributed by atoms with van der Waals surface area (Å²) < 4.78 is 22.5. The third-order valence-electron chi connectivity index (χ3n) is 1.78. The second-order valence-electron chi connectivity index (χ2n) is 3.19. The molecule has 0 aliphatic carbocycles. The second-order valence-corrected chi connectivity index (χ2v) is 7.90. The summed E-state index contributed by atoms with van der Waals surface area (Å²) in [5, 5.41) is 0. The molecule has 0 saturated heterocycles. The van der Waals surface area contributed by atoms with Crippen LogP contribution >= 0.6 is 31.9 Å². The molecule has 0 fully saturated rings. The zero-order valence-electron chi connectivity index (χ0n) is 8.09. The average Bonchev–Trinajstić information content (AvgIpc) is 2.12. The van der Waals surface area contributed by atoms with Crippen molar-refractivity contribution in [1.29, 1.82) is 0 Å². The number of alkyl halides is 2. The third kappa shape index (κ3) is 8.00. The van der Waals surface area contributed by atoms with Gasteiger partial charge in [0.15, 0.2) is 9.84 Å². The van der Waals surface area contributed by atoms with Crippen molar-refractivity contribution in [3.63, 3.8) is 0 Å². The van der Waals surface area contributed by atoms with E-state index in [-0.39, 0.29) is 15.2 Å². The molecular formula is C9H16Br2O2S. The second kappa shape index (κ2) is 7.88. The van der Waals surface area contributed by atoms with Gasteiger partial charge in [-0.3, -0.25) is 0 Å². The van der Waals surface area contributed by atoms with Crippen LogP contribution in [0.3, 0.4) is 0 Å². The Morgan fingerprint density at radius 2 is 2.00 bits per heavy atom. The van der Waals surface area contributed by atoms with E-state index in [0.717, 1.165) is 25.7 Å². The largest absolute Gasteiger partial charge is 0.228 e. The van der Waals surface area contributed by atoms with Crippen LogP contribution in [0.1, 0.15) is 25.7 Å². The first-order valence-electron chi connectivity index (χ1n) is 4.53. The molecule has 84 valence electrons. The minimum Gasteiger partial charge on any atom is -0.228 e. The van der Waals surface area contributed by atoms with Gasteiger partial charge in [0.05, 0.1) is 5.75 Å². The van der Waals surface area contributed by atoms with Gasteiger partial charge in [0.2, 0.25) is 0 Å². The summed E-state index contributed by atoms with van der Waals surface area (Å²) in [7, 11) is -2.91. The van der Waals surface area contributed by atoms with Gasteiger partial charge in [0.1, 0.15) is 4.66 Å². The van der Waals surface area contributed by atoms with Crippen LogP contribution in [-0.4, -0.2) is 23.7 Å². The summed E-state index contributed by atoms with van der Waals surface area (Å²) in [6, 6.07) is 0.